The molecule has 4 rings (SSSR count). The predicted molar refractivity (Wildman–Crippen MR) is 111 cm³/mol. The monoisotopic (exact) mass is 435 g/mol. The Kier molecular flexibility index (Phi) is 5.22. The van der Waals surface area contributed by atoms with Gasteiger partial charge in [0.1, 0.15) is 11.8 Å². The quantitative estimate of drug-likeness (QED) is 0.659. The van der Waals surface area contributed by atoms with E-state index < -0.39 is 10.3 Å². The van der Waals surface area contributed by atoms with Crippen LogP contribution in [-0.4, -0.2) is 43.9 Å². The van der Waals surface area contributed by atoms with Crippen molar-refractivity contribution >= 4 is 33.6 Å². The Labute approximate surface area is 175 Å². The molecule has 2 heterocycles. The van der Waals surface area contributed by atoms with Crippen molar-refractivity contribution in [3.8, 4) is 5.75 Å². The second-order valence-corrected chi connectivity index (χ2v) is 9.43. The minimum Gasteiger partial charge on any atom is -0.446 e. The highest BCUT2D eigenvalue weighted by Gasteiger charge is 2.33. The number of nitrogens with one attached hydrogen (secondary N) is 3. The van der Waals surface area contributed by atoms with Crippen LogP contribution in [0, 0.1) is 0 Å². The zero-order valence-electron chi connectivity index (χ0n) is 17.0. The van der Waals surface area contributed by atoms with Crippen LogP contribution in [-0.2, 0) is 15.0 Å². The zero-order chi connectivity index (χ0) is 21.5. The molecule has 1 saturated carbocycles. The van der Waals surface area contributed by atoms with Gasteiger partial charge in [0.15, 0.2) is 11.6 Å². The average Bonchev–Trinajstić information content (AvgIpc) is 3.35. The molecular formula is C19H25N5O5S. The van der Waals surface area contributed by atoms with Gasteiger partial charge in [-0.05, 0) is 51.3 Å². The first-order valence-corrected chi connectivity index (χ1v) is 11.2. The number of carbonyl (C=O) groups is 1. The van der Waals surface area contributed by atoms with Gasteiger partial charge in [0, 0.05) is 36.5 Å². The Bertz CT molecular complexity index is 1050. The number of anilines is 3. The van der Waals surface area contributed by atoms with Gasteiger partial charge in [-0.15, -0.1) is 0 Å². The Hall–Kier alpha value is -2.95. The molecule has 0 saturated heterocycles. The normalized spacial score (nSPS) is 21.9. The minimum atomic E-state index is -3.76. The minimum absolute atomic E-state index is 0.0432. The maximum atomic E-state index is 11.8. The first-order chi connectivity index (χ1) is 14.2. The van der Waals surface area contributed by atoms with Crippen LogP contribution in [0.15, 0.2) is 24.3 Å². The van der Waals surface area contributed by atoms with Crippen LogP contribution in [0.2, 0.25) is 0 Å². The largest absolute Gasteiger partial charge is 0.446 e. The van der Waals surface area contributed by atoms with E-state index in [9.17, 15) is 13.2 Å². The zero-order valence-corrected chi connectivity index (χ0v) is 17.8. The van der Waals surface area contributed by atoms with Crippen molar-refractivity contribution in [1.82, 2.24) is 15.5 Å². The van der Waals surface area contributed by atoms with E-state index in [1.807, 2.05) is 19.9 Å². The summed E-state index contributed by atoms with van der Waals surface area (Å²) in [5, 5.41) is 13.3. The van der Waals surface area contributed by atoms with Crippen molar-refractivity contribution in [2.75, 3.05) is 16.7 Å². The number of aromatic nitrogens is 2. The van der Waals surface area contributed by atoms with Crippen molar-refractivity contribution in [1.29, 1.82) is 0 Å². The van der Waals surface area contributed by atoms with E-state index in [1.165, 1.54) is 7.05 Å². The number of H-pyrrole nitrogens is 1. The van der Waals surface area contributed by atoms with Crippen LogP contribution < -0.4 is 19.1 Å². The Balaban J connectivity index is 1.38. The summed E-state index contributed by atoms with van der Waals surface area (Å²) in [5.41, 5.74) is 2.13. The van der Waals surface area contributed by atoms with Crippen molar-refractivity contribution in [3.63, 3.8) is 0 Å². The molecule has 1 aromatic carbocycles. The number of amides is 1. The third-order valence-electron chi connectivity index (χ3n) is 5.20. The van der Waals surface area contributed by atoms with Crippen LogP contribution >= 0.6 is 0 Å². The lowest BCUT2D eigenvalue weighted by molar-refractivity contribution is 0.0981. The van der Waals surface area contributed by atoms with Crippen LogP contribution in [0.3, 0.4) is 0 Å². The molecule has 1 aliphatic heterocycles. The number of ether oxygens (including phenoxy) is 1. The van der Waals surface area contributed by atoms with Gasteiger partial charge >= 0.3 is 16.4 Å². The van der Waals surface area contributed by atoms with Crippen molar-refractivity contribution in [2.45, 2.75) is 51.2 Å². The molecule has 2 aromatic rings. The first kappa shape index (κ1) is 20.3. The van der Waals surface area contributed by atoms with Crippen LogP contribution in [0.5, 0.6) is 5.75 Å². The van der Waals surface area contributed by atoms with Gasteiger partial charge in [0.2, 0.25) is 0 Å². The second kappa shape index (κ2) is 7.71. The molecule has 10 nitrogen and oxygen atoms in total. The highest BCUT2D eigenvalue weighted by Crippen LogP contribution is 2.40. The molecule has 2 atom stereocenters. The first-order valence-electron chi connectivity index (χ1n) is 9.83. The molecule has 3 N–H and O–H groups in total. The molecule has 1 aromatic heterocycles. The van der Waals surface area contributed by atoms with Crippen LogP contribution in [0.25, 0.3) is 0 Å². The van der Waals surface area contributed by atoms with E-state index in [0.717, 1.165) is 29.3 Å². The summed E-state index contributed by atoms with van der Waals surface area (Å²) in [6.45, 7) is 3.78. The maximum Gasteiger partial charge on any atom is 0.409 e. The van der Waals surface area contributed by atoms with Crippen LogP contribution in [0.1, 0.15) is 44.7 Å². The Morgan fingerprint density at radius 3 is 2.90 bits per heavy atom. The van der Waals surface area contributed by atoms with E-state index in [1.54, 1.807) is 18.2 Å². The summed E-state index contributed by atoms with van der Waals surface area (Å²) in [4.78, 5) is 11.8. The Morgan fingerprint density at radius 1 is 1.33 bits per heavy atom. The third-order valence-corrected chi connectivity index (χ3v) is 6.46. The Morgan fingerprint density at radius 2 is 2.13 bits per heavy atom. The number of carbonyl (C=O) groups excluding carboxylic acids is 1. The third kappa shape index (κ3) is 4.16. The average molecular weight is 436 g/mol. The summed E-state index contributed by atoms with van der Waals surface area (Å²) in [6.07, 6.45) is 1.97. The van der Waals surface area contributed by atoms with Gasteiger partial charge < -0.3 is 19.6 Å². The SMILES string of the molecule is CC(C)NC(=O)O[C@@H]1CC[C@H](c2cc(Nc3ccc4c(c3)N(C)S(=O)(=O)O4)n[nH]2)C1. The number of nitrogens with zero attached hydrogens (tertiary/aromatic N) is 2. The lowest BCUT2D eigenvalue weighted by atomic mass is 10.0. The summed E-state index contributed by atoms with van der Waals surface area (Å²) >= 11 is 0. The smallest absolute Gasteiger partial charge is 0.409 e. The van der Waals surface area contributed by atoms with E-state index in [2.05, 4.69) is 20.8 Å². The number of rotatable bonds is 5. The lowest BCUT2D eigenvalue weighted by Gasteiger charge is -2.14. The number of alkyl carbamates (subject to hydrolysis) is 1. The van der Waals surface area contributed by atoms with E-state index in [0.29, 0.717) is 22.9 Å². The maximum absolute atomic E-state index is 11.8. The number of hydrogen-bond donors (Lipinski definition) is 3. The number of benzene rings is 1. The molecule has 0 unspecified atom stereocenters. The van der Waals surface area contributed by atoms with E-state index >= 15 is 0 Å². The van der Waals surface area contributed by atoms with Crippen molar-refractivity contribution in [3.05, 3.63) is 30.0 Å². The highest BCUT2D eigenvalue weighted by molar-refractivity contribution is 7.88. The molecule has 1 fully saturated rings. The summed E-state index contributed by atoms with van der Waals surface area (Å²) in [7, 11) is -2.32. The molecule has 162 valence electrons. The molecule has 0 bridgehead atoms. The topological polar surface area (TPSA) is 126 Å². The molecular weight excluding hydrogens is 410 g/mol. The van der Waals surface area contributed by atoms with Gasteiger partial charge in [-0.3, -0.25) is 5.10 Å². The van der Waals surface area contributed by atoms with Crippen molar-refractivity contribution in [2.24, 2.45) is 0 Å². The second-order valence-electron chi connectivity index (χ2n) is 7.86. The van der Waals surface area contributed by atoms with Crippen LogP contribution in [0.4, 0.5) is 22.0 Å². The van der Waals surface area contributed by atoms with E-state index in [4.69, 9.17) is 8.92 Å². The number of fused-ring (bicyclic) bond motifs is 1. The fraction of sp³-hybridized carbons (Fsp3) is 0.474. The summed E-state index contributed by atoms with van der Waals surface area (Å²) in [5.74, 6) is 1.15. The van der Waals surface area contributed by atoms with Gasteiger partial charge in [-0.2, -0.15) is 13.5 Å². The van der Waals surface area contributed by atoms with Gasteiger partial charge in [0.05, 0.1) is 0 Å². The molecule has 0 spiro atoms. The molecule has 1 amide bonds. The number of aromatic amines is 1. The number of hydrogen-bond acceptors (Lipinski definition) is 7. The van der Waals surface area contributed by atoms with Gasteiger partial charge in [0.25, 0.3) is 0 Å². The van der Waals surface area contributed by atoms with Gasteiger partial charge in [-0.25, -0.2) is 9.10 Å². The van der Waals surface area contributed by atoms with Gasteiger partial charge in [-0.1, -0.05) is 0 Å². The fourth-order valence-electron chi connectivity index (χ4n) is 3.71. The molecule has 30 heavy (non-hydrogen) atoms. The van der Waals surface area contributed by atoms with Crippen molar-refractivity contribution < 1.29 is 22.1 Å². The predicted octanol–water partition coefficient (Wildman–Crippen LogP) is 3.00. The highest BCUT2D eigenvalue weighted by atomic mass is 32.2. The van der Waals surface area contributed by atoms with E-state index in [-0.39, 0.29) is 24.2 Å². The molecule has 2 aliphatic rings. The standard InChI is InChI=1S/C19H25N5O5S/c1-11(2)20-19(25)28-14-6-4-12(8-14)15-10-18(23-22-15)21-13-5-7-17-16(9-13)24(3)30(26,27)29-17/h5,7,9-12,14H,4,6,8H2,1-3H3,(H,20,25)(H2,21,22,23)/t12-,14+/m0/s1. The molecule has 1 aliphatic carbocycles. The summed E-state index contributed by atoms with van der Waals surface area (Å²) in [6, 6.07) is 7.00. The lowest BCUT2D eigenvalue weighted by Crippen LogP contribution is -2.33. The molecule has 11 heteroatoms. The fourth-order valence-corrected chi connectivity index (χ4v) is 4.57. The molecule has 0 radical (unpaired) electrons. The summed E-state index contributed by atoms with van der Waals surface area (Å²) < 4.78 is 35.2.